The lowest BCUT2D eigenvalue weighted by molar-refractivity contribution is 0.0941. The van der Waals surface area contributed by atoms with Gasteiger partial charge in [-0.25, -0.2) is 4.98 Å². The fourth-order valence-electron chi connectivity index (χ4n) is 4.86. The lowest BCUT2D eigenvalue weighted by Crippen LogP contribution is -2.33. The number of primary amides is 1. The maximum atomic E-state index is 12.8. The Morgan fingerprint density at radius 2 is 1.80 bits per heavy atom. The van der Waals surface area contributed by atoms with Crippen LogP contribution in [0.4, 0.5) is 0 Å². The molecule has 5 rings (SSSR count). The molecule has 2 aliphatic rings. The molecular formula is C26H28N6O3. The van der Waals surface area contributed by atoms with E-state index < -0.39 is 5.91 Å². The highest BCUT2D eigenvalue weighted by molar-refractivity contribution is 6.06. The quantitative estimate of drug-likeness (QED) is 0.418. The van der Waals surface area contributed by atoms with Crippen LogP contribution in [-0.2, 0) is 6.54 Å². The lowest BCUT2D eigenvalue weighted by atomic mass is 9.92. The average Bonchev–Trinajstić information content (AvgIpc) is 3.60. The number of likely N-dealkylation sites (tertiary alicyclic amines) is 1. The number of H-pyrrole nitrogens is 1. The smallest absolute Gasteiger partial charge is 0.271 e. The Kier molecular flexibility index (Phi) is 6.08. The summed E-state index contributed by atoms with van der Waals surface area (Å²) in [5, 5.41) is 5.86. The second-order valence-electron chi connectivity index (χ2n) is 9.00. The van der Waals surface area contributed by atoms with Gasteiger partial charge in [0.15, 0.2) is 0 Å². The van der Waals surface area contributed by atoms with Crippen LogP contribution in [0.5, 0.6) is 0 Å². The summed E-state index contributed by atoms with van der Waals surface area (Å²) in [4.78, 5) is 47.1. The van der Waals surface area contributed by atoms with Crippen LogP contribution in [-0.4, -0.2) is 58.8 Å². The van der Waals surface area contributed by atoms with E-state index in [-0.39, 0.29) is 11.8 Å². The van der Waals surface area contributed by atoms with E-state index in [1.54, 1.807) is 19.1 Å². The third-order valence-corrected chi connectivity index (χ3v) is 6.71. The third-order valence-electron chi connectivity index (χ3n) is 6.71. The van der Waals surface area contributed by atoms with Crippen LogP contribution >= 0.6 is 0 Å². The van der Waals surface area contributed by atoms with Crippen LogP contribution in [0.15, 0.2) is 36.4 Å². The van der Waals surface area contributed by atoms with Gasteiger partial charge in [-0.3, -0.25) is 14.4 Å². The number of aromatic amines is 1. The molecule has 0 saturated carbocycles. The minimum absolute atomic E-state index is 0.184. The van der Waals surface area contributed by atoms with Crippen LogP contribution in [0.1, 0.15) is 55.3 Å². The van der Waals surface area contributed by atoms with Gasteiger partial charge in [-0.05, 0) is 67.7 Å². The normalized spacial score (nSPS) is 15.2. The fourth-order valence-corrected chi connectivity index (χ4v) is 4.86. The first-order chi connectivity index (χ1) is 16.9. The van der Waals surface area contributed by atoms with E-state index in [0.29, 0.717) is 47.0 Å². The molecule has 5 N–H and O–H groups in total. The molecule has 0 atom stereocenters. The number of benzene rings is 2. The molecule has 1 aromatic heterocycles. The van der Waals surface area contributed by atoms with E-state index in [9.17, 15) is 14.4 Å². The number of nitrogens with one attached hydrogen (secondary N) is 3. The molecule has 2 aliphatic heterocycles. The molecule has 0 spiro atoms. The van der Waals surface area contributed by atoms with Crippen molar-refractivity contribution in [3.8, 4) is 22.5 Å². The number of nitrogens with zero attached hydrogens (tertiary/aromatic N) is 2. The van der Waals surface area contributed by atoms with Gasteiger partial charge in [0.2, 0.25) is 5.91 Å². The van der Waals surface area contributed by atoms with Crippen LogP contribution in [0.25, 0.3) is 22.5 Å². The van der Waals surface area contributed by atoms with Gasteiger partial charge in [0.1, 0.15) is 11.5 Å². The number of hydrogen-bond donors (Lipinski definition) is 4. The van der Waals surface area contributed by atoms with Gasteiger partial charge in [0.25, 0.3) is 11.8 Å². The molecule has 0 bridgehead atoms. The zero-order chi connectivity index (χ0) is 24.5. The predicted molar refractivity (Wildman–Crippen MR) is 132 cm³/mol. The number of rotatable bonds is 7. The summed E-state index contributed by atoms with van der Waals surface area (Å²) >= 11 is 0. The van der Waals surface area contributed by atoms with Crippen LogP contribution in [0.3, 0.4) is 0 Å². The Labute approximate surface area is 203 Å². The molecule has 3 heterocycles. The van der Waals surface area contributed by atoms with E-state index >= 15 is 0 Å². The Morgan fingerprint density at radius 1 is 1.09 bits per heavy atom. The Hall–Kier alpha value is -3.98. The van der Waals surface area contributed by atoms with Crippen molar-refractivity contribution in [2.75, 3.05) is 26.2 Å². The van der Waals surface area contributed by atoms with E-state index in [1.807, 2.05) is 24.3 Å². The van der Waals surface area contributed by atoms with Gasteiger partial charge >= 0.3 is 0 Å². The molecule has 3 aromatic rings. The summed E-state index contributed by atoms with van der Waals surface area (Å²) < 4.78 is 0. The van der Waals surface area contributed by atoms with Crippen LogP contribution < -0.4 is 16.4 Å². The van der Waals surface area contributed by atoms with Gasteiger partial charge < -0.3 is 26.3 Å². The topological polar surface area (TPSA) is 133 Å². The van der Waals surface area contributed by atoms with Crippen LogP contribution in [0.2, 0.25) is 0 Å². The van der Waals surface area contributed by atoms with Crippen molar-refractivity contribution in [3.05, 3.63) is 64.5 Å². The predicted octanol–water partition coefficient (Wildman–Crippen LogP) is 2.22. The molecule has 0 radical (unpaired) electrons. The second kappa shape index (κ2) is 9.34. The SMILES string of the molecule is Cc1[nH]c(-c2ccc(-c3ccc(C(N)=O)cc3)c3c2C(=O)NC3)nc1C(=O)NCCN1CCCC1. The maximum Gasteiger partial charge on any atom is 0.271 e. The number of nitrogens with two attached hydrogens (primary N) is 1. The van der Waals surface area contributed by atoms with E-state index in [0.717, 1.165) is 36.3 Å². The zero-order valence-electron chi connectivity index (χ0n) is 19.6. The third kappa shape index (κ3) is 4.42. The first-order valence-corrected chi connectivity index (χ1v) is 11.8. The molecule has 9 nitrogen and oxygen atoms in total. The molecular weight excluding hydrogens is 444 g/mol. The Morgan fingerprint density at radius 3 is 2.51 bits per heavy atom. The number of carbonyl (C=O) groups is 3. The van der Waals surface area contributed by atoms with Gasteiger partial charge in [0, 0.05) is 36.5 Å². The van der Waals surface area contributed by atoms with Crippen LogP contribution in [0, 0.1) is 6.92 Å². The van der Waals surface area contributed by atoms with Crippen molar-refractivity contribution < 1.29 is 14.4 Å². The zero-order valence-corrected chi connectivity index (χ0v) is 19.6. The summed E-state index contributed by atoms with van der Waals surface area (Å²) in [5.74, 6) is -0.415. The van der Waals surface area contributed by atoms with Gasteiger partial charge in [-0.15, -0.1) is 0 Å². The number of imidazole rings is 1. The Bertz CT molecular complexity index is 1310. The van der Waals surface area contributed by atoms with E-state index in [4.69, 9.17) is 5.73 Å². The summed E-state index contributed by atoms with van der Waals surface area (Å²) in [6.07, 6.45) is 2.43. The number of aryl methyl sites for hydroxylation is 1. The molecule has 1 saturated heterocycles. The first kappa shape index (κ1) is 22.8. The summed E-state index contributed by atoms with van der Waals surface area (Å²) in [6, 6.07) is 10.8. The highest BCUT2D eigenvalue weighted by Gasteiger charge is 2.28. The maximum absolute atomic E-state index is 12.8. The van der Waals surface area contributed by atoms with Crippen molar-refractivity contribution in [2.45, 2.75) is 26.3 Å². The van der Waals surface area contributed by atoms with Crippen molar-refractivity contribution in [1.29, 1.82) is 0 Å². The van der Waals surface area contributed by atoms with E-state index in [2.05, 4.69) is 25.5 Å². The standard InChI is InChI=1S/C26H28N6O3/c1-15-22(26(35)28-10-13-32-11-2-3-12-32)31-24(30-15)19-9-8-18(20-14-29-25(34)21(19)20)16-4-6-17(7-5-16)23(27)33/h4-9H,2-3,10-14H2,1H3,(H2,27,33)(H,28,35)(H,29,34)(H,30,31). The number of fused-ring (bicyclic) bond motifs is 1. The fraction of sp³-hybridized carbons (Fsp3) is 0.308. The second-order valence-corrected chi connectivity index (χ2v) is 9.00. The van der Waals surface area contributed by atoms with Crippen molar-refractivity contribution in [2.24, 2.45) is 5.73 Å². The van der Waals surface area contributed by atoms with Crippen molar-refractivity contribution >= 4 is 17.7 Å². The molecule has 3 amide bonds. The monoisotopic (exact) mass is 472 g/mol. The minimum atomic E-state index is -0.488. The number of hydrogen-bond acceptors (Lipinski definition) is 5. The molecule has 9 heteroatoms. The van der Waals surface area contributed by atoms with Crippen molar-refractivity contribution in [3.63, 3.8) is 0 Å². The molecule has 1 fully saturated rings. The highest BCUT2D eigenvalue weighted by Crippen LogP contribution is 2.35. The molecule has 2 aromatic carbocycles. The van der Waals surface area contributed by atoms with Crippen molar-refractivity contribution in [1.82, 2.24) is 25.5 Å². The van der Waals surface area contributed by atoms with Gasteiger partial charge in [0.05, 0.1) is 5.56 Å². The number of amides is 3. The lowest BCUT2D eigenvalue weighted by Gasteiger charge is -2.14. The Balaban J connectivity index is 1.41. The molecule has 35 heavy (non-hydrogen) atoms. The molecule has 180 valence electrons. The van der Waals surface area contributed by atoms with Gasteiger partial charge in [-0.1, -0.05) is 18.2 Å². The summed E-state index contributed by atoms with van der Waals surface area (Å²) in [6.45, 7) is 5.76. The first-order valence-electron chi connectivity index (χ1n) is 11.8. The highest BCUT2D eigenvalue weighted by atomic mass is 16.2. The van der Waals surface area contributed by atoms with E-state index in [1.165, 1.54) is 12.8 Å². The average molecular weight is 473 g/mol. The number of carbonyl (C=O) groups excluding carboxylic acids is 3. The minimum Gasteiger partial charge on any atom is -0.366 e. The number of aromatic nitrogens is 2. The summed E-state index contributed by atoms with van der Waals surface area (Å²) in [5.41, 5.74) is 10.6. The molecule has 0 unspecified atom stereocenters. The largest absolute Gasteiger partial charge is 0.366 e. The summed E-state index contributed by atoms with van der Waals surface area (Å²) in [7, 11) is 0. The molecule has 0 aliphatic carbocycles. The van der Waals surface area contributed by atoms with Gasteiger partial charge in [-0.2, -0.15) is 0 Å².